The second-order valence-corrected chi connectivity index (χ2v) is 4.66. The van der Waals surface area contributed by atoms with Gasteiger partial charge in [-0.05, 0) is 37.7 Å². The summed E-state index contributed by atoms with van der Waals surface area (Å²) in [6.07, 6.45) is 3.39. The highest BCUT2D eigenvalue weighted by Crippen LogP contribution is 2.21. The van der Waals surface area contributed by atoms with E-state index in [1.807, 2.05) is 25.2 Å². The monoisotopic (exact) mass is 279 g/mol. The zero-order chi connectivity index (χ0) is 13.7. The molecule has 19 heavy (non-hydrogen) atoms. The van der Waals surface area contributed by atoms with Crippen LogP contribution in [0.3, 0.4) is 0 Å². The molecular formula is C14H18ClN3O. The largest absolute Gasteiger partial charge is 0.467 e. The summed E-state index contributed by atoms with van der Waals surface area (Å²) in [6, 6.07) is 5.88. The predicted molar refractivity (Wildman–Crippen MR) is 77.4 cm³/mol. The molecule has 0 aliphatic carbocycles. The van der Waals surface area contributed by atoms with Crippen LogP contribution in [0, 0.1) is 0 Å². The number of furan rings is 1. The van der Waals surface area contributed by atoms with Crippen LogP contribution in [0.15, 0.2) is 35.1 Å². The average Bonchev–Trinajstić information content (AvgIpc) is 2.92. The summed E-state index contributed by atoms with van der Waals surface area (Å²) in [5, 5.41) is 3.79. The molecule has 2 aromatic heterocycles. The molecule has 0 atom stereocenters. The maximum absolute atomic E-state index is 6.13. The molecule has 4 nitrogen and oxygen atoms in total. The van der Waals surface area contributed by atoms with Crippen LogP contribution in [-0.4, -0.2) is 18.6 Å². The van der Waals surface area contributed by atoms with Crippen molar-refractivity contribution in [3.63, 3.8) is 0 Å². The van der Waals surface area contributed by atoms with E-state index in [9.17, 15) is 0 Å². The number of nitrogens with one attached hydrogen (secondary N) is 1. The van der Waals surface area contributed by atoms with Crippen LogP contribution < -0.4 is 10.2 Å². The van der Waals surface area contributed by atoms with Crippen LogP contribution in [0.2, 0.25) is 5.02 Å². The molecule has 2 rings (SSSR count). The van der Waals surface area contributed by atoms with Crippen LogP contribution in [0.5, 0.6) is 0 Å². The van der Waals surface area contributed by atoms with E-state index in [-0.39, 0.29) is 0 Å². The van der Waals surface area contributed by atoms with Crippen LogP contribution in [0.25, 0.3) is 0 Å². The summed E-state index contributed by atoms with van der Waals surface area (Å²) < 4.78 is 5.38. The van der Waals surface area contributed by atoms with Crippen LogP contribution in [0.4, 0.5) is 5.82 Å². The zero-order valence-electron chi connectivity index (χ0n) is 11.2. The first-order valence-corrected chi connectivity index (χ1v) is 6.68. The van der Waals surface area contributed by atoms with Crippen molar-refractivity contribution in [3.8, 4) is 0 Å². The molecule has 0 unspecified atom stereocenters. The minimum absolute atomic E-state index is 0.687. The van der Waals surface area contributed by atoms with Gasteiger partial charge in [-0.15, -0.1) is 0 Å². The van der Waals surface area contributed by atoms with Crippen molar-refractivity contribution in [1.82, 2.24) is 10.3 Å². The molecular weight excluding hydrogens is 262 g/mol. The van der Waals surface area contributed by atoms with Crippen molar-refractivity contribution in [1.29, 1.82) is 0 Å². The van der Waals surface area contributed by atoms with Crippen LogP contribution in [-0.2, 0) is 13.1 Å². The summed E-state index contributed by atoms with van der Waals surface area (Å²) >= 11 is 6.13. The van der Waals surface area contributed by atoms with Gasteiger partial charge in [0.15, 0.2) is 0 Å². The number of nitrogens with zero attached hydrogens (tertiary/aromatic N) is 2. The van der Waals surface area contributed by atoms with Gasteiger partial charge in [-0.1, -0.05) is 11.6 Å². The second kappa shape index (κ2) is 6.59. The van der Waals surface area contributed by atoms with Gasteiger partial charge in [-0.25, -0.2) is 4.98 Å². The van der Waals surface area contributed by atoms with Gasteiger partial charge in [0, 0.05) is 19.3 Å². The third kappa shape index (κ3) is 3.49. The fourth-order valence-corrected chi connectivity index (χ4v) is 2.08. The number of hydrogen-bond donors (Lipinski definition) is 1. The fraction of sp³-hybridized carbons (Fsp3) is 0.357. The van der Waals surface area contributed by atoms with Gasteiger partial charge >= 0.3 is 0 Å². The summed E-state index contributed by atoms with van der Waals surface area (Å²) in [7, 11) is 1.90. The quantitative estimate of drug-likeness (QED) is 0.882. The number of rotatable bonds is 6. The Hall–Kier alpha value is -1.52. The molecule has 102 valence electrons. The lowest BCUT2D eigenvalue weighted by Crippen LogP contribution is -2.23. The van der Waals surface area contributed by atoms with E-state index in [0.717, 1.165) is 30.2 Å². The Kier molecular flexibility index (Phi) is 4.82. The van der Waals surface area contributed by atoms with Gasteiger partial charge in [-0.3, -0.25) is 0 Å². The Labute approximate surface area is 118 Å². The van der Waals surface area contributed by atoms with Gasteiger partial charge in [0.05, 0.1) is 17.8 Å². The van der Waals surface area contributed by atoms with Crippen molar-refractivity contribution in [2.75, 3.05) is 18.5 Å². The number of aromatic nitrogens is 1. The normalized spacial score (nSPS) is 10.7. The first kappa shape index (κ1) is 13.9. The van der Waals surface area contributed by atoms with E-state index in [1.165, 1.54) is 0 Å². The lowest BCUT2D eigenvalue weighted by atomic mass is 10.2. The van der Waals surface area contributed by atoms with E-state index in [2.05, 4.69) is 22.1 Å². The first-order valence-electron chi connectivity index (χ1n) is 6.31. The highest BCUT2D eigenvalue weighted by molar-refractivity contribution is 6.31. The Morgan fingerprint density at radius 2 is 2.32 bits per heavy atom. The Morgan fingerprint density at radius 3 is 2.95 bits per heavy atom. The molecule has 0 bridgehead atoms. The molecule has 5 heteroatoms. The van der Waals surface area contributed by atoms with Gasteiger partial charge in [0.25, 0.3) is 0 Å². The van der Waals surface area contributed by atoms with E-state index < -0.39 is 0 Å². The van der Waals surface area contributed by atoms with E-state index >= 15 is 0 Å². The third-order valence-corrected chi connectivity index (χ3v) is 3.26. The number of hydrogen-bond acceptors (Lipinski definition) is 4. The van der Waals surface area contributed by atoms with E-state index in [1.54, 1.807) is 12.5 Å². The van der Waals surface area contributed by atoms with Gasteiger partial charge in [-0.2, -0.15) is 0 Å². The minimum atomic E-state index is 0.687. The Balaban J connectivity index is 2.20. The molecule has 0 spiro atoms. The predicted octanol–water partition coefficient (Wildman–Crippen LogP) is 3.07. The summed E-state index contributed by atoms with van der Waals surface area (Å²) in [6.45, 7) is 4.38. The molecule has 0 saturated carbocycles. The Morgan fingerprint density at radius 1 is 1.47 bits per heavy atom. The number of anilines is 1. The van der Waals surface area contributed by atoms with Crippen molar-refractivity contribution in [2.45, 2.75) is 20.0 Å². The lowest BCUT2D eigenvalue weighted by molar-refractivity contribution is 0.503. The van der Waals surface area contributed by atoms with Crippen molar-refractivity contribution in [2.24, 2.45) is 0 Å². The summed E-state index contributed by atoms with van der Waals surface area (Å²) in [5.74, 6) is 1.84. The van der Waals surface area contributed by atoms with Crippen LogP contribution >= 0.6 is 11.6 Å². The maximum Gasteiger partial charge on any atom is 0.129 e. The molecule has 2 aromatic rings. The maximum atomic E-state index is 6.13. The average molecular weight is 280 g/mol. The molecule has 2 heterocycles. The molecule has 0 aromatic carbocycles. The van der Waals surface area contributed by atoms with Gasteiger partial charge < -0.3 is 14.6 Å². The van der Waals surface area contributed by atoms with Crippen molar-refractivity contribution >= 4 is 17.4 Å². The topological polar surface area (TPSA) is 41.3 Å². The van der Waals surface area contributed by atoms with Crippen molar-refractivity contribution in [3.05, 3.63) is 47.0 Å². The fourth-order valence-electron chi connectivity index (χ4n) is 1.91. The molecule has 0 aliphatic heterocycles. The molecule has 0 amide bonds. The highest BCUT2D eigenvalue weighted by atomic mass is 35.5. The third-order valence-electron chi connectivity index (χ3n) is 2.92. The van der Waals surface area contributed by atoms with Crippen molar-refractivity contribution < 1.29 is 4.42 Å². The standard InChI is InChI=1S/C14H18ClN3O/c1-3-18(10-12-5-4-6-19-12)14-7-11(8-16-2)13(15)9-17-14/h4-7,9,16H,3,8,10H2,1-2H3. The van der Waals surface area contributed by atoms with Crippen LogP contribution in [0.1, 0.15) is 18.2 Å². The number of pyridine rings is 1. The summed E-state index contributed by atoms with van der Waals surface area (Å²) in [5.41, 5.74) is 1.05. The second-order valence-electron chi connectivity index (χ2n) is 4.26. The zero-order valence-corrected chi connectivity index (χ0v) is 11.9. The molecule has 1 N–H and O–H groups in total. The molecule has 0 saturated heterocycles. The SMILES string of the molecule is CCN(Cc1ccco1)c1cc(CNC)c(Cl)cn1. The van der Waals surface area contributed by atoms with Gasteiger partial charge in [0.1, 0.15) is 11.6 Å². The first-order chi connectivity index (χ1) is 9.24. The van der Waals surface area contributed by atoms with E-state index in [4.69, 9.17) is 16.0 Å². The lowest BCUT2D eigenvalue weighted by Gasteiger charge is -2.21. The molecule has 0 fully saturated rings. The minimum Gasteiger partial charge on any atom is -0.467 e. The van der Waals surface area contributed by atoms with E-state index in [0.29, 0.717) is 11.6 Å². The smallest absolute Gasteiger partial charge is 0.129 e. The highest BCUT2D eigenvalue weighted by Gasteiger charge is 2.10. The Bertz CT molecular complexity index is 513. The molecule has 0 aliphatic rings. The molecule has 0 radical (unpaired) electrons. The summed E-state index contributed by atoms with van der Waals surface area (Å²) in [4.78, 5) is 6.54. The number of halogens is 1. The van der Waals surface area contributed by atoms with Gasteiger partial charge in [0.2, 0.25) is 0 Å².